The highest BCUT2D eigenvalue weighted by molar-refractivity contribution is 6.31. The predicted molar refractivity (Wildman–Crippen MR) is 129 cm³/mol. The van der Waals surface area contributed by atoms with Crippen LogP contribution in [-0.2, 0) is 22.5 Å². The molecule has 4 rings (SSSR count). The molecule has 1 heterocycles. The molecule has 7 heteroatoms. The largest absolute Gasteiger partial charge is 0.494 e. The smallest absolute Gasteiger partial charge is 0.187 e. The minimum absolute atomic E-state index is 0.196. The molecule has 0 saturated carbocycles. The molecule has 3 aromatic rings. The average Bonchev–Trinajstić information content (AvgIpc) is 2.86. The first-order valence-electron chi connectivity index (χ1n) is 11.3. The summed E-state index contributed by atoms with van der Waals surface area (Å²) in [4.78, 5) is 0. The Morgan fingerprint density at radius 1 is 0.853 bits per heavy atom. The number of aliphatic hydroxyl groups is 3. The monoisotopic (exact) mass is 484 g/mol. The summed E-state index contributed by atoms with van der Waals surface area (Å²) in [6, 6.07) is 22.6. The maximum atomic E-state index is 10.7. The van der Waals surface area contributed by atoms with Crippen molar-refractivity contribution in [2.24, 2.45) is 0 Å². The second-order valence-electron chi connectivity index (χ2n) is 8.30. The Morgan fingerprint density at radius 3 is 2.29 bits per heavy atom. The lowest BCUT2D eigenvalue weighted by Crippen LogP contribution is -2.54. The Morgan fingerprint density at radius 2 is 1.59 bits per heavy atom. The van der Waals surface area contributed by atoms with Gasteiger partial charge in [0.15, 0.2) is 6.29 Å². The molecular weight excluding hydrogens is 456 g/mol. The first kappa shape index (κ1) is 24.7. The molecule has 0 aliphatic carbocycles. The van der Waals surface area contributed by atoms with Gasteiger partial charge in [-0.3, -0.25) is 0 Å². The summed E-state index contributed by atoms with van der Waals surface area (Å²) in [5.41, 5.74) is 3.44. The standard InChI is InChI=1S/C27H29ClO6/c1-2-32-21-11-8-17(9-12-21)14-20-15-19(10-13-22(20)28)26-24(30)23(29)25(31)27(34-26)33-16-18-6-4-3-5-7-18/h3-13,15,23-27,29-31H,2,14,16H2,1H3/t23-,24-,25+,26+,27-/m1/s1. The highest BCUT2D eigenvalue weighted by Crippen LogP contribution is 2.35. The van der Waals surface area contributed by atoms with Gasteiger partial charge in [-0.2, -0.15) is 0 Å². The quantitative estimate of drug-likeness (QED) is 0.447. The lowest BCUT2D eigenvalue weighted by atomic mass is 9.92. The number of benzene rings is 3. The number of halogens is 1. The second kappa shape index (κ2) is 11.3. The lowest BCUT2D eigenvalue weighted by Gasteiger charge is -2.40. The van der Waals surface area contributed by atoms with Crippen molar-refractivity contribution in [2.75, 3.05) is 6.61 Å². The van der Waals surface area contributed by atoms with E-state index in [1.54, 1.807) is 12.1 Å². The molecule has 0 aromatic heterocycles. The maximum absolute atomic E-state index is 10.7. The number of aliphatic hydroxyl groups excluding tert-OH is 3. The predicted octanol–water partition coefficient (Wildman–Crippen LogP) is 4.03. The SMILES string of the molecule is CCOc1ccc(Cc2cc([C@@H]3O[C@@H](OCc4ccccc4)[C@@H](O)[C@H](O)[C@H]3O)ccc2Cl)cc1. The Labute approximate surface area is 204 Å². The van der Waals surface area contributed by atoms with Gasteiger partial charge in [-0.15, -0.1) is 0 Å². The summed E-state index contributed by atoms with van der Waals surface area (Å²) in [6.45, 7) is 2.74. The molecular formula is C27H29ClO6. The van der Waals surface area contributed by atoms with Crippen LogP contribution in [0.15, 0.2) is 72.8 Å². The van der Waals surface area contributed by atoms with Crippen molar-refractivity contribution in [3.63, 3.8) is 0 Å². The van der Waals surface area contributed by atoms with Crippen LogP contribution in [-0.4, -0.2) is 46.5 Å². The van der Waals surface area contributed by atoms with E-state index in [1.165, 1.54) is 0 Å². The van der Waals surface area contributed by atoms with E-state index in [2.05, 4.69) is 0 Å². The summed E-state index contributed by atoms with van der Waals surface area (Å²) in [6.07, 6.45) is -5.56. The van der Waals surface area contributed by atoms with Crippen LogP contribution in [0.3, 0.4) is 0 Å². The van der Waals surface area contributed by atoms with Gasteiger partial charge in [0.25, 0.3) is 0 Å². The van der Waals surface area contributed by atoms with Gasteiger partial charge in [0.2, 0.25) is 0 Å². The van der Waals surface area contributed by atoms with Crippen LogP contribution >= 0.6 is 11.6 Å². The van der Waals surface area contributed by atoms with E-state index in [-0.39, 0.29) is 6.61 Å². The van der Waals surface area contributed by atoms with Crippen molar-refractivity contribution in [3.05, 3.63) is 100 Å². The van der Waals surface area contributed by atoms with E-state index in [0.29, 0.717) is 23.6 Å². The molecule has 0 unspecified atom stereocenters. The highest BCUT2D eigenvalue weighted by Gasteiger charge is 2.45. The fraction of sp³-hybridized carbons (Fsp3) is 0.333. The molecule has 0 bridgehead atoms. The van der Waals surface area contributed by atoms with Crippen molar-refractivity contribution < 1.29 is 29.5 Å². The van der Waals surface area contributed by atoms with Crippen LogP contribution < -0.4 is 4.74 Å². The van der Waals surface area contributed by atoms with E-state index in [9.17, 15) is 15.3 Å². The normalized spacial score (nSPS) is 24.7. The molecule has 34 heavy (non-hydrogen) atoms. The minimum Gasteiger partial charge on any atom is -0.494 e. The van der Waals surface area contributed by atoms with Crippen molar-refractivity contribution in [3.8, 4) is 5.75 Å². The van der Waals surface area contributed by atoms with Crippen molar-refractivity contribution >= 4 is 11.6 Å². The van der Waals surface area contributed by atoms with E-state index < -0.39 is 30.7 Å². The Bertz CT molecular complexity index is 1060. The van der Waals surface area contributed by atoms with Crippen LogP contribution in [0.25, 0.3) is 0 Å². The Balaban J connectivity index is 1.51. The van der Waals surface area contributed by atoms with Gasteiger partial charge in [0, 0.05) is 5.02 Å². The van der Waals surface area contributed by atoms with Crippen LogP contribution in [0.5, 0.6) is 5.75 Å². The third-order valence-corrected chi connectivity index (χ3v) is 6.22. The van der Waals surface area contributed by atoms with Crippen molar-refractivity contribution in [1.29, 1.82) is 0 Å². The molecule has 180 valence electrons. The molecule has 1 saturated heterocycles. The topological polar surface area (TPSA) is 88.4 Å². The Kier molecular flexibility index (Phi) is 8.21. The molecule has 0 spiro atoms. The van der Waals surface area contributed by atoms with Gasteiger partial charge in [-0.1, -0.05) is 66.2 Å². The number of hydrogen-bond acceptors (Lipinski definition) is 6. The number of rotatable bonds is 8. The number of ether oxygens (including phenoxy) is 3. The van der Waals surface area contributed by atoms with E-state index in [4.69, 9.17) is 25.8 Å². The Hall–Kier alpha value is -2.45. The van der Waals surface area contributed by atoms with Crippen LogP contribution in [0.2, 0.25) is 5.02 Å². The lowest BCUT2D eigenvalue weighted by molar-refractivity contribution is -0.302. The van der Waals surface area contributed by atoms with Crippen LogP contribution in [0.1, 0.15) is 35.3 Å². The highest BCUT2D eigenvalue weighted by atomic mass is 35.5. The fourth-order valence-electron chi connectivity index (χ4n) is 4.01. The summed E-state index contributed by atoms with van der Waals surface area (Å²) < 4.78 is 17.2. The maximum Gasteiger partial charge on any atom is 0.187 e. The molecule has 6 nitrogen and oxygen atoms in total. The number of hydrogen-bond donors (Lipinski definition) is 3. The van der Waals surface area contributed by atoms with Gasteiger partial charge in [0.1, 0.15) is 30.2 Å². The first-order chi connectivity index (χ1) is 16.5. The zero-order valence-electron chi connectivity index (χ0n) is 18.9. The molecule has 0 radical (unpaired) electrons. The van der Waals surface area contributed by atoms with Gasteiger partial charge in [0.05, 0.1) is 13.2 Å². The third-order valence-electron chi connectivity index (χ3n) is 5.85. The van der Waals surface area contributed by atoms with E-state index in [1.807, 2.05) is 67.6 Å². The fourth-order valence-corrected chi connectivity index (χ4v) is 4.20. The van der Waals surface area contributed by atoms with Crippen molar-refractivity contribution in [1.82, 2.24) is 0 Å². The van der Waals surface area contributed by atoms with Gasteiger partial charge in [-0.05, 0) is 53.8 Å². The zero-order valence-corrected chi connectivity index (χ0v) is 19.6. The van der Waals surface area contributed by atoms with Gasteiger partial charge >= 0.3 is 0 Å². The van der Waals surface area contributed by atoms with E-state index >= 15 is 0 Å². The molecule has 1 fully saturated rings. The summed E-state index contributed by atoms with van der Waals surface area (Å²) >= 11 is 6.46. The average molecular weight is 485 g/mol. The van der Waals surface area contributed by atoms with Crippen LogP contribution in [0.4, 0.5) is 0 Å². The van der Waals surface area contributed by atoms with Gasteiger partial charge in [-0.25, -0.2) is 0 Å². The van der Waals surface area contributed by atoms with Crippen molar-refractivity contribution in [2.45, 2.75) is 50.7 Å². The summed E-state index contributed by atoms with van der Waals surface area (Å²) in [7, 11) is 0. The molecule has 5 atom stereocenters. The van der Waals surface area contributed by atoms with Gasteiger partial charge < -0.3 is 29.5 Å². The minimum atomic E-state index is -1.43. The zero-order chi connectivity index (χ0) is 24.1. The molecule has 1 aliphatic heterocycles. The molecule has 3 N–H and O–H groups in total. The molecule has 0 amide bonds. The second-order valence-corrected chi connectivity index (χ2v) is 8.71. The van der Waals surface area contributed by atoms with E-state index in [0.717, 1.165) is 22.4 Å². The summed E-state index contributed by atoms with van der Waals surface area (Å²) in [5, 5.41) is 32.1. The third kappa shape index (κ3) is 5.78. The first-order valence-corrected chi connectivity index (χ1v) is 11.7. The molecule has 3 aromatic carbocycles. The molecule has 1 aliphatic rings. The van der Waals surface area contributed by atoms with Crippen LogP contribution in [0, 0.1) is 0 Å². The summed E-state index contributed by atoms with van der Waals surface area (Å²) in [5.74, 6) is 0.805.